The average Bonchev–Trinajstić information content (AvgIpc) is 3.04. The fourth-order valence-corrected chi connectivity index (χ4v) is 3.03. The molecule has 0 fully saturated rings. The maximum atomic E-state index is 11.5. The van der Waals surface area contributed by atoms with E-state index in [-0.39, 0.29) is 11.3 Å². The number of nitrogens with zero attached hydrogens (tertiary/aromatic N) is 4. The number of aromatic nitrogens is 2. The Morgan fingerprint density at radius 2 is 2.20 bits per heavy atom. The lowest BCUT2D eigenvalue weighted by molar-refractivity contribution is 0.0998. The van der Waals surface area contributed by atoms with E-state index in [4.69, 9.17) is 5.73 Å². The highest BCUT2D eigenvalue weighted by Crippen LogP contribution is 2.26. The van der Waals surface area contributed by atoms with Gasteiger partial charge in [0.2, 0.25) is 4.80 Å². The molecule has 2 aromatic heterocycles. The molecule has 1 amide bonds. The van der Waals surface area contributed by atoms with E-state index >= 15 is 0 Å². The number of thiazole rings is 1. The SMILES string of the molecule is CN=c1scc(-c2ccc(O)c(C(N)=O)c2)n1/N=C/c1ccccn1. The number of carbonyl (C=O) groups is 1. The molecule has 0 aliphatic rings. The molecule has 1 aromatic carbocycles. The normalized spacial score (nSPS) is 12.0. The minimum Gasteiger partial charge on any atom is -0.507 e. The molecule has 0 aliphatic carbocycles. The highest BCUT2D eigenvalue weighted by Gasteiger charge is 2.13. The van der Waals surface area contributed by atoms with Gasteiger partial charge in [0.05, 0.1) is 23.2 Å². The minimum atomic E-state index is -0.696. The molecule has 0 saturated heterocycles. The highest BCUT2D eigenvalue weighted by atomic mass is 32.1. The quantitative estimate of drug-likeness (QED) is 0.699. The number of nitrogens with two attached hydrogens (primary N) is 1. The maximum absolute atomic E-state index is 11.5. The number of phenols is 1. The first kappa shape index (κ1) is 16.6. The van der Waals surface area contributed by atoms with Crippen molar-refractivity contribution in [2.45, 2.75) is 0 Å². The summed E-state index contributed by atoms with van der Waals surface area (Å²) in [6.07, 6.45) is 3.31. The Balaban J connectivity index is 2.10. The number of hydrogen-bond donors (Lipinski definition) is 2. The Morgan fingerprint density at radius 3 is 2.88 bits per heavy atom. The molecule has 0 unspecified atom stereocenters. The summed E-state index contributed by atoms with van der Waals surface area (Å²) in [6, 6.07) is 10.2. The first-order valence-electron chi connectivity index (χ1n) is 7.32. The molecule has 0 saturated carbocycles. The number of carbonyl (C=O) groups excluding carboxylic acids is 1. The van der Waals surface area contributed by atoms with Crippen molar-refractivity contribution in [3.63, 3.8) is 0 Å². The number of pyridine rings is 1. The Bertz CT molecular complexity index is 1010. The standard InChI is InChI=1S/C17H15N5O2S/c1-19-17-22(21-9-12-4-2-3-7-20-12)14(10-25-17)11-5-6-15(23)13(8-11)16(18)24/h2-10,23H,1H3,(H2,18,24)/b19-17?,21-9+. The van der Waals surface area contributed by atoms with Gasteiger partial charge in [0.25, 0.3) is 5.91 Å². The molecule has 0 radical (unpaired) electrons. The van der Waals surface area contributed by atoms with E-state index in [1.165, 1.54) is 23.5 Å². The van der Waals surface area contributed by atoms with Gasteiger partial charge in [-0.3, -0.25) is 14.8 Å². The molecule has 8 heteroatoms. The molecule has 3 aromatic rings. The smallest absolute Gasteiger partial charge is 0.252 e. The maximum Gasteiger partial charge on any atom is 0.252 e. The molecule has 0 bridgehead atoms. The topological polar surface area (TPSA) is 106 Å². The molecule has 126 valence electrons. The first-order valence-corrected chi connectivity index (χ1v) is 8.20. The summed E-state index contributed by atoms with van der Waals surface area (Å²) in [6.45, 7) is 0. The van der Waals surface area contributed by atoms with Crippen LogP contribution in [0.25, 0.3) is 11.3 Å². The van der Waals surface area contributed by atoms with Crippen molar-refractivity contribution in [2.75, 3.05) is 7.05 Å². The lowest BCUT2D eigenvalue weighted by atomic mass is 10.1. The van der Waals surface area contributed by atoms with Crippen LogP contribution in [0.1, 0.15) is 16.1 Å². The van der Waals surface area contributed by atoms with Crippen LogP contribution in [0.5, 0.6) is 5.75 Å². The minimum absolute atomic E-state index is 0.0546. The predicted molar refractivity (Wildman–Crippen MR) is 96.6 cm³/mol. The molecule has 2 heterocycles. The molecule has 7 nitrogen and oxygen atoms in total. The number of benzene rings is 1. The summed E-state index contributed by atoms with van der Waals surface area (Å²) in [4.78, 5) is 20.6. The fraction of sp³-hybridized carbons (Fsp3) is 0.0588. The Labute approximate surface area is 147 Å². The Kier molecular flexibility index (Phi) is 4.71. The predicted octanol–water partition coefficient (Wildman–Crippen LogP) is 1.83. The van der Waals surface area contributed by atoms with Gasteiger partial charge in [-0.15, -0.1) is 11.3 Å². The van der Waals surface area contributed by atoms with Gasteiger partial charge in [-0.05, 0) is 30.3 Å². The zero-order chi connectivity index (χ0) is 17.8. The van der Waals surface area contributed by atoms with Crippen molar-refractivity contribution in [2.24, 2.45) is 15.8 Å². The van der Waals surface area contributed by atoms with E-state index in [1.807, 2.05) is 23.6 Å². The zero-order valence-electron chi connectivity index (χ0n) is 13.3. The van der Waals surface area contributed by atoms with Crippen molar-refractivity contribution >= 4 is 23.5 Å². The van der Waals surface area contributed by atoms with Gasteiger partial charge in [-0.2, -0.15) is 5.10 Å². The number of amides is 1. The van der Waals surface area contributed by atoms with Gasteiger partial charge in [0, 0.05) is 24.2 Å². The zero-order valence-corrected chi connectivity index (χ0v) is 14.1. The van der Waals surface area contributed by atoms with Crippen LogP contribution in [0.3, 0.4) is 0 Å². The van der Waals surface area contributed by atoms with Crippen LogP contribution in [0.2, 0.25) is 0 Å². The molecule has 0 spiro atoms. The summed E-state index contributed by atoms with van der Waals surface area (Å²) in [7, 11) is 1.67. The van der Waals surface area contributed by atoms with E-state index < -0.39 is 5.91 Å². The van der Waals surface area contributed by atoms with Crippen LogP contribution >= 0.6 is 11.3 Å². The van der Waals surface area contributed by atoms with Gasteiger partial charge in [0.15, 0.2) is 0 Å². The van der Waals surface area contributed by atoms with Crippen LogP contribution in [-0.2, 0) is 0 Å². The molecule has 0 atom stereocenters. The summed E-state index contributed by atoms with van der Waals surface area (Å²) in [5, 5.41) is 16.1. The third-order valence-electron chi connectivity index (χ3n) is 3.43. The Hall–Kier alpha value is -3.26. The third-order valence-corrected chi connectivity index (χ3v) is 4.34. The van der Waals surface area contributed by atoms with Crippen LogP contribution in [0.15, 0.2) is 58.1 Å². The fourth-order valence-electron chi connectivity index (χ4n) is 2.22. The van der Waals surface area contributed by atoms with Crippen LogP contribution in [0, 0.1) is 0 Å². The van der Waals surface area contributed by atoms with Crippen molar-refractivity contribution in [3.05, 3.63) is 64.0 Å². The lowest BCUT2D eigenvalue weighted by Gasteiger charge is -2.06. The summed E-state index contributed by atoms with van der Waals surface area (Å²) in [5.41, 5.74) is 7.48. The van der Waals surface area contributed by atoms with Crippen LogP contribution in [-0.4, -0.2) is 33.9 Å². The van der Waals surface area contributed by atoms with Crippen molar-refractivity contribution in [1.82, 2.24) is 9.66 Å². The molecular formula is C17H15N5O2S. The second-order valence-electron chi connectivity index (χ2n) is 5.03. The number of primary amides is 1. The molecule has 25 heavy (non-hydrogen) atoms. The van der Waals surface area contributed by atoms with E-state index in [1.54, 1.807) is 30.2 Å². The van der Waals surface area contributed by atoms with Gasteiger partial charge in [0.1, 0.15) is 5.75 Å². The lowest BCUT2D eigenvalue weighted by Crippen LogP contribution is -2.13. The van der Waals surface area contributed by atoms with Gasteiger partial charge >= 0.3 is 0 Å². The van der Waals surface area contributed by atoms with Crippen molar-refractivity contribution in [3.8, 4) is 17.0 Å². The largest absolute Gasteiger partial charge is 0.507 e. The monoisotopic (exact) mass is 353 g/mol. The number of aromatic hydroxyl groups is 1. The highest BCUT2D eigenvalue weighted by molar-refractivity contribution is 7.07. The van der Waals surface area contributed by atoms with Gasteiger partial charge < -0.3 is 10.8 Å². The van der Waals surface area contributed by atoms with E-state index in [2.05, 4.69) is 15.1 Å². The number of hydrogen-bond acceptors (Lipinski definition) is 6. The summed E-state index contributed by atoms with van der Waals surface area (Å²) < 4.78 is 1.65. The second-order valence-corrected chi connectivity index (χ2v) is 5.87. The summed E-state index contributed by atoms with van der Waals surface area (Å²) >= 11 is 1.41. The molecule has 3 N–H and O–H groups in total. The summed E-state index contributed by atoms with van der Waals surface area (Å²) in [5.74, 6) is -0.853. The molecule has 0 aliphatic heterocycles. The Morgan fingerprint density at radius 1 is 1.36 bits per heavy atom. The second kappa shape index (κ2) is 7.10. The van der Waals surface area contributed by atoms with Gasteiger partial charge in [-0.1, -0.05) is 6.07 Å². The molecule has 3 rings (SSSR count). The average molecular weight is 353 g/mol. The number of rotatable bonds is 4. The van der Waals surface area contributed by atoms with E-state index in [0.29, 0.717) is 16.1 Å². The first-order chi connectivity index (χ1) is 12.1. The third kappa shape index (κ3) is 3.48. The van der Waals surface area contributed by atoms with E-state index in [9.17, 15) is 9.90 Å². The van der Waals surface area contributed by atoms with Crippen LogP contribution in [0.4, 0.5) is 0 Å². The van der Waals surface area contributed by atoms with Crippen LogP contribution < -0.4 is 10.5 Å². The van der Waals surface area contributed by atoms with E-state index in [0.717, 1.165) is 5.69 Å². The van der Waals surface area contributed by atoms with Gasteiger partial charge in [-0.25, -0.2) is 4.68 Å². The van der Waals surface area contributed by atoms with Crippen molar-refractivity contribution < 1.29 is 9.90 Å². The molecular weight excluding hydrogens is 338 g/mol. The van der Waals surface area contributed by atoms with Crippen molar-refractivity contribution in [1.29, 1.82) is 0 Å².